The van der Waals surface area contributed by atoms with Crippen LogP contribution in [-0.2, 0) is 17.8 Å². The number of amides is 1. The number of oxazole rings is 1. The molecule has 1 aromatic heterocycles. The molecule has 0 atom stereocenters. The fraction of sp³-hybridized carbons (Fsp3) is 0.304. The molecule has 0 spiro atoms. The first-order valence-corrected chi connectivity index (χ1v) is 9.85. The van der Waals surface area contributed by atoms with Crippen LogP contribution < -0.4 is 0 Å². The number of aromatic nitrogens is 1. The average molecular weight is 393 g/mol. The van der Waals surface area contributed by atoms with Gasteiger partial charge in [0.2, 0.25) is 11.8 Å². The van der Waals surface area contributed by atoms with Crippen LogP contribution in [0.15, 0.2) is 59.0 Å². The van der Waals surface area contributed by atoms with Crippen molar-refractivity contribution in [2.75, 3.05) is 26.2 Å². The molecule has 1 saturated heterocycles. The van der Waals surface area contributed by atoms with Gasteiger partial charge in [-0.1, -0.05) is 42.5 Å². The molecule has 0 aliphatic carbocycles. The van der Waals surface area contributed by atoms with Gasteiger partial charge in [0, 0.05) is 32.7 Å². The molecule has 0 N–H and O–H groups in total. The zero-order chi connectivity index (χ0) is 20.2. The van der Waals surface area contributed by atoms with E-state index in [0.717, 1.165) is 19.6 Å². The van der Waals surface area contributed by atoms with Gasteiger partial charge < -0.3 is 9.32 Å². The van der Waals surface area contributed by atoms with Gasteiger partial charge in [-0.25, -0.2) is 9.37 Å². The third-order valence-electron chi connectivity index (χ3n) is 5.29. The smallest absolute Gasteiger partial charge is 0.229 e. The second-order valence-electron chi connectivity index (χ2n) is 7.32. The number of carbonyl (C=O) groups is 1. The van der Waals surface area contributed by atoms with Crippen LogP contribution in [-0.4, -0.2) is 46.9 Å². The molecule has 0 radical (unpaired) electrons. The molecule has 0 unspecified atom stereocenters. The normalized spacial score (nSPS) is 14.9. The first kappa shape index (κ1) is 19.3. The fourth-order valence-corrected chi connectivity index (χ4v) is 3.59. The highest BCUT2D eigenvalue weighted by Crippen LogP contribution is 2.24. The van der Waals surface area contributed by atoms with Crippen LogP contribution in [0.4, 0.5) is 4.39 Å². The molecule has 2 heterocycles. The van der Waals surface area contributed by atoms with Gasteiger partial charge in [0.05, 0.1) is 17.7 Å². The van der Waals surface area contributed by atoms with Crippen molar-refractivity contribution in [3.63, 3.8) is 0 Å². The molecule has 1 fully saturated rings. The van der Waals surface area contributed by atoms with Crippen molar-refractivity contribution in [1.82, 2.24) is 14.8 Å². The van der Waals surface area contributed by atoms with Crippen LogP contribution in [0.2, 0.25) is 0 Å². The molecule has 1 amide bonds. The van der Waals surface area contributed by atoms with Gasteiger partial charge in [0.25, 0.3) is 0 Å². The number of halogens is 1. The first-order valence-electron chi connectivity index (χ1n) is 9.85. The molecule has 1 aliphatic rings. The summed E-state index contributed by atoms with van der Waals surface area (Å²) in [7, 11) is 0. The molecular formula is C23H24FN3O2. The molecule has 3 aromatic rings. The van der Waals surface area contributed by atoms with Crippen molar-refractivity contribution in [3.05, 3.63) is 77.4 Å². The zero-order valence-electron chi connectivity index (χ0n) is 16.5. The van der Waals surface area contributed by atoms with Crippen LogP contribution in [0.25, 0.3) is 11.5 Å². The highest BCUT2D eigenvalue weighted by Gasteiger charge is 2.23. The lowest BCUT2D eigenvalue weighted by atomic mass is 10.2. The number of nitrogens with zero attached hydrogens (tertiary/aromatic N) is 3. The predicted octanol–water partition coefficient (Wildman–Crippen LogP) is 3.68. The average Bonchev–Trinajstić information content (AvgIpc) is 3.09. The molecular weight excluding hydrogens is 369 g/mol. The Kier molecular flexibility index (Phi) is 5.71. The minimum Gasteiger partial charge on any atom is -0.441 e. The van der Waals surface area contributed by atoms with Crippen LogP contribution in [0.3, 0.4) is 0 Å². The molecule has 29 heavy (non-hydrogen) atoms. The maximum Gasteiger partial charge on any atom is 0.229 e. The van der Waals surface area contributed by atoms with Crippen molar-refractivity contribution >= 4 is 5.91 Å². The Morgan fingerprint density at radius 3 is 2.45 bits per heavy atom. The van der Waals surface area contributed by atoms with E-state index in [-0.39, 0.29) is 24.0 Å². The summed E-state index contributed by atoms with van der Waals surface area (Å²) in [6.07, 6.45) is 0.169. The van der Waals surface area contributed by atoms with Crippen molar-refractivity contribution in [2.24, 2.45) is 0 Å². The summed E-state index contributed by atoms with van der Waals surface area (Å²) in [5.74, 6) is 0.414. The Morgan fingerprint density at radius 1 is 1.03 bits per heavy atom. The van der Waals surface area contributed by atoms with E-state index < -0.39 is 0 Å². The summed E-state index contributed by atoms with van der Waals surface area (Å²) in [6.45, 7) is 5.75. The summed E-state index contributed by atoms with van der Waals surface area (Å²) in [6, 6.07) is 16.7. The van der Waals surface area contributed by atoms with E-state index >= 15 is 0 Å². The zero-order valence-corrected chi connectivity index (χ0v) is 16.5. The minimum atomic E-state index is -0.388. The molecule has 2 aromatic carbocycles. The lowest BCUT2D eigenvalue weighted by Gasteiger charge is -2.34. The minimum absolute atomic E-state index is 0.0286. The summed E-state index contributed by atoms with van der Waals surface area (Å²) in [5.41, 5.74) is 2.16. The standard InChI is InChI=1S/C23H24FN3O2/c1-17-21(25-23(29-17)19-9-5-6-10-20(19)24)15-22(28)27-13-11-26(12-14-27)16-18-7-3-2-4-8-18/h2-10H,11-16H2,1H3. The third-order valence-corrected chi connectivity index (χ3v) is 5.29. The Morgan fingerprint density at radius 2 is 1.72 bits per heavy atom. The molecule has 150 valence electrons. The van der Waals surface area contributed by atoms with E-state index in [1.165, 1.54) is 11.6 Å². The van der Waals surface area contributed by atoms with E-state index in [4.69, 9.17) is 4.42 Å². The Bertz CT molecular complexity index is 979. The van der Waals surface area contributed by atoms with E-state index in [1.54, 1.807) is 25.1 Å². The van der Waals surface area contributed by atoms with Gasteiger partial charge in [0.15, 0.2) is 0 Å². The van der Waals surface area contributed by atoms with Crippen molar-refractivity contribution in [3.8, 4) is 11.5 Å². The topological polar surface area (TPSA) is 49.6 Å². The monoisotopic (exact) mass is 393 g/mol. The van der Waals surface area contributed by atoms with Crippen molar-refractivity contribution < 1.29 is 13.6 Å². The van der Waals surface area contributed by atoms with Gasteiger partial charge >= 0.3 is 0 Å². The Balaban J connectivity index is 1.35. The largest absolute Gasteiger partial charge is 0.441 e. The Labute approximate surface area is 169 Å². The number of aryl methyl sites for hydroxylation is 1. The summed E-state index contributed by atoms with van der Waals surface area (Å²) >= 11 is 0. The fourth-order valence-electron chi connectivity index (χ4n) is 3.59. The lowest BCUT2D eigenvalue weighted by molar-refractivity contribution is -0.132. The number of rotatable bonds is 5. The number of piperazine rings is 1. The van der Waals surface area contributed by atoms with Crippen LogP contribution in [0, 0.1) is 12.7 Å². The number of carbonyl (C=O) groups excluding carboxylic acids is 1. The van der Waals surface area contributed by atoms with Crippen molar-refractivity contribution in [2.45, 2.75) is 19.9 Å². The second kappa shape index (κ2) is 8.57. The predicted molar refractivity (Wildman–Crippen MR) is 109 cm³/mol. The summed E-state index contributed by atoms with van der Waals surface area (Å²) < 4.78 is 19.6. The van der Waals surface area contributed by atoms with E-state index in [1.807, 2.05) is 23.1 Å². The maximum absolute atomic E-state index is 14.0. The van der Waals surface area contributed by atoms with Gasteiger partial charge in [-0.2, -0.15) is 0 Å². The second-order valence-corrected chi connectivity index (χ2v) is 7.32. The molecule has 0 bridgehead atoms. The summed E-state index contributed by atoms with van der Waals surface area (Å²) in [4.78, 5) is 21.4. The third kappa shape index (κ3) is 4.54. The van der Waals surface area contributed by atoms with Crippen molar-refractivity contribution in [1.29, 1.82) is 0 Å². The van der Waals surface area contributed by atoms with Crippen LogP contribution in [0.1, 0.15) is 17.0 Å². The molecule has 6 heteroatoms. The maximum atomic E-state index is 14.0. The number of hydrogen-bond donors (Lipinski definition) is 0. The quantitative estimate of drug-likeness (QED) is 0.664. The highest BCUT2D eigenvalue weighted by molar-refractivity contribution is 5.78. The SMILES string of the molecule is Cc1oc(-c2ccccc2F)nc1CC(=O)N1CCN(Cc2ccccc2)CC1. The van der Waals surface area contributed by atoms with Gasteiger partial charge in [0.1, 0.15) is 11.6 Å². The molecule has 5 nitrogen and oxygen atoms in total. The molecule has 1 aliphatic heterocycles. The first-order chi connectivity index (χ1) is 14.1. The lowest BCUT2D eigenvalue weighted by Crippen LogP contribution is -2.48. The van der Waals surface area contributed by atoms with Gasteiger partial charge in [-0.15, -0.1) is 0 Å². The van der Waals surface area contributed by atoms with Gasteiger partial charge in [-0.05, 0) is 24.6 Å². The van der Waals surface area contributed by atoms with Crippen LogP contribution >= 0.6 is 0 Å². The Hall–Kier alpha value is -2.99. The molecule has 0 saturated carbocycles. The number of benzene rings is 2. The number of hydrogen-bond acceptors (Lipinski definition) is 4. The highest BCUT2D eigenvalue weighted by atomic mass is 19.1. The van der Waals surface area contributed by atoms with Crippen LogP contribution in [0.5, 0.6) is 0 Å². The molecule has 4 rings (SSSR count). The summed E-state index contributed by atoms with van der Waals surface area (Å²) in [5, 5.41) is 0. The van der Waals surface area contributed by atoms with E-state index in [0.29, 0.717) is 30.1 Å². The van der Waals surface area contributed by atoms with Gasteiger partial charge in [-0.3, -0.25) is 9.69 Å². The van der Waals surface area contributed by atoms with E-state index in [9.17, 15) is 9.18 Å². The van der Waals surface area contributed by atoms with E-state index in [2.05, 4.69) is 22.0 Å².